The van der Waals surface area contributed by atoms with Gasteiger partial charge in [0.25, 0.3) is 0 Å². The molecule has 1 aromatic carbocycles. The van der Waals surface area contributed by atoms with Crippen molar-refractivity contribution in [1.82, 2.24) is 4.90 Å². The zero-order chi connectivity index (χ0) is 11.4. The van der Waals surface area contributed by atoms with E-state index in [2.05, 4.69) is 25.7 Å². The molecule has 3 heteroatoms. The van der Waals surface area contributed by atoms with Gasteiger partial charge in [-0.2, -0.15) is 0 Å². The lowest BCUT2D eigenvalue weighted by molar-refractivity contribution is 0.225. The summed E-state index contributed by atoms with van der Waals surface area (Å²) >= 11 is 5.85. The molecule has 15 heavy (non-hydrogen) atoms. The lowest BCUT2D eigenvalue weighted by Gasteiger charge is -2.24. The van der Waals surface area contributed by atoms with Gasteiger partial charge in [-0.15, -0.1) is 0 Å². The number of hydrogen-bond donors (Lipinski definition) is 1. The zero-order valence-electron chi connectivity index (χ0n) is 9.50. The second kappa shape index (κ2) is 5.38. The highest BCUT2D eigenvalue weighted by atomic mass is 35.5. The molecule has 0 aliphatic carbocycles. The van der Waals surface area contributed by atoms with Crippen LogP contribution in [0.3, 0.4) is 0 Å². The summed E-state index contributed by atoms with van der Waals surface area (Å²) < 4.78 is 0. The van der Waals surface area contributed by atoms with Crippen LogP contribution in [0.2, 0.25) is 5.02 Å². The average molecular weight is 228 g/mol. The van der Waals surface area contributed by atoms with Crippen LogP contribution in [0, 0.1) is 0 Å². The molecule has 0 radical (unpaired) electrons. The molecule has 0 saturated heterocycles. The Hall–Kier alpha value is -0.730. The minimum Gasteiger partial charge on any atom is -0.506 e. The van der Waals surface area contributed by atoms with Gasteiger partial charge in [0.1, 0.15) is 5.75 Å². The van der Waals surface area contributed by atoms with E-state index in [0.717, 1.165) is 18.7 Å². The SMILES string of the molecule is CCN(Cc1ccc(O)c(Cl)c1)C(C)C. The van der Waals surface area contributed by atoms with E-state index < -0.39 is 0 Å². The van der Waals surface area contributed by atoms with Crippen LogP contribution in [0.5, 0.6) is 5.75 Å². The van der Waals surface area contributed by atoms with Crippen LogP contribution >= 0.6 is 11.6 Å². The van der Waals surface area contributed by atoms with Gasteiger partial charge in [0.05, 0.1) is 5.02 Å². The Morgan fingerprint density at radius 3 is 2.53 bits per heavy atom. The number of aromatic hydroxyl groups is 1. The molecule has 0 aliphatic rings. The van der Waals surface area contributed by atoms with Crippen molar-refractivity contribution >= 4 is 11.6 Å². The molecule has 0 heterocycles. The Morgan fingerprint density at radius 2 is 2.07 bits per heavy atom. The van der Waals surface area contributed by atoms with Crippen LogP contribution in [-0.2, 0) is 6.54 Å². The molecule has 0 spiro atoms. The molecule has 0 fully saturated rings. The maximum absolute atomic E-state index is 9.30. The monoisotopic (exact) mass is 227 g/mol. The smallest absolute Gasteiger partial charge is 0.134 e. The third kappa shape index (κ3) is 3.40. The summed E-state index contributed by atoms with van der Waals surface area (Å²) in [6, 6.07) is 5.89. The summed E-state index contributed by atoms with van der Waals surface area (Å²) in [5.41, 5.74) is 1.13. The number of halogens is 1. The van der Waals surface area contributed by atoms with Crippen molar-refractivity contribution in [2.45, 2.75) is 33.4 Å². The number of phenols is 1. The van der Waals surface area contributed by atoms with Crippen molar-refractivity contribution in [2.75, 3.05) is 6.54 Å². The Bertz CT molecular complexity index is 325. The van der Waals surface area contributed by atoms with Crippen molar-refractivity contribution in [1.29, 1.82) is 0 Å². The Kier molecular flexibility index (Phi) is 4.43. The van der Waals surface area contributed by atoms with Crippen LogP contribution in [0.1, 0.15) is 26.3 Å². The Morgan fingerprint density at radius 1 is 1.40 bits per heavy atom. The van der Waals surface area contributed by atoms with Gasteiger partial charge < -0.3 is 5.11 Å². The van der Waals surface area contributed by atoms with Crippen LogP contribution in [0.4, 0.5) is 0 Å². The molecule has 0 unspecified atom stereocenters. The number of nitrogens with zero attached hydrogens (tertiary/aromatic N) is 1. The van der Waals surface area contributed by atoms with E-state index in [0.29, 0.717) is 11.1 Å². The number of rotatable bonds is 4. The number of phenolic OH excluding ortho intramolecular Hbond substituents is 1. The van der Waals surface area contributed by atoms with Crippen molar-refractivity contribution in [2.24, 2.45) is 0 Å². The van der Waals surface area contributed by atoms with Gasteiger partial charge in [0, 0.05) is 12.6 Å². The second-order valence-corrected chi connectivity index (χ2v) is 4.35. The molecule has 2 nitrogen and oxygen atoms in total. The first-order valence-electron chi connectivity index (χ1n) is 5.26. The van der Waals surface area contributed by atoms with E-state index in [1.54, 1.807) is 6.07 Å². The van der Waals surface area contributed by atoms with Gasteiger partial charge in [-0.25, -0.2) is 0 Å². The van der Waals surface area contributed by atoms with Crippen molar-refractivity contribution in [3.63, 3.8) is 0 Å². The molecule has 1 rings (SSSR count). The standard InChI is InChI=1S/C12H18ClNO/c1-4-14(9(2)3)8-10-5-6-12(15)11(13)7-10/h5-7,9,15H,4,8H2,1-3H3. The predicted molar refractivity (Wildman–Crippen MR) is 64.3 cm³/mol. The maximum atomic E-state index is 9.30. The quantitative estimate of drug-likeness (QED) is 0.854. The zero-order valence-corrected chi connectivity index (χ0v) is 10.3. The summed E-state index contributed by atoms with van der Waals surface area (Å²) in [7, 11) is 0. The topological polar surface area (TPSA) is 23.5 Å². The summed E-state index contributed by atoms with van der Waals surface area (Å²) in [6.45, 7) is 8.36. The van der Waals surface area contributed by atoms with Crippen molar-refractivity contribution < 1.29 is 5.11 Å². The molecule has 0 amide bonds. The maximum Gasteiger partial charge on any atom is 0.134 e. The van der Waals surface area contributed by atoms with E-state index in [1.165, 1.54) is 0 Å². The van der Waals surface area contributed by atoms with Crippen LogP contribution in [0.25, 0.3) is 0 Å². The highest BCUT2D eigenvalue weighted by Crippen LogP contribution is 2.24. The highest BCUT2D eigenvalue weighted by molar-refractivity contribution is 6.32. The normalized spacial score (nSPS) is 11.3. The molecule has 0 aliphatic heterocycles. The van der Waals surface area contributed by atoms with Gasteiger partial charge in [0.15, 0.2) is 0 Å². The third-order valence-corrected chi connectivity index (χ3v) is 2.84. The molecule has 0 saturated carbocycles. The van der Waals surface area contributed by atoms with E-state index >= 15 is 0 Å². The summed E-state index contributed by atoms with van der Waals surface area (Å²) in [5.74, 6) is 0.146. The van der Waals surface area contributed by atoms with Gasteiger partial charge in [0.2, 0.25) is 0 Å². The van der Waals surface area contributed by atoms with Crippen molar-refractivity contribution in [3.05, 3.63) is 28.8 Å². The lowest BCUT2D eigenvalue weighted by Crippen LogP contribution is -2.29. The molecular formula is C12H18ClNO. The minimum atomic E-state index is 0.146. The lowest BCUT2D eigenvalue weighted by atomic mass is 10.2. The molecule has 0 atom stereocenters. The fraction of sp³-hybridized carbons (Fsp3) is 0.500. The van der Waals surface area contributed by atoms with Crippen LogP contribution in [0.15, 0.2) is 18.2 Å². The third-order valence-electron chi connectivity index (χ3n) is 2.53. The predicted octanol–water partition coefficient (Wildman–Crippen LogP) is 3.28. The summed E-state index contributed by atoms with van der Waals surface area (Å²) in [4.78, 5) is 2.34. The van der Waals surface area contributed by atoms with E-state index in [-0.39, 0.29) is 5.75 Å². The highest BCUT2D eigenvalue weighted by Gasteiger charge is 2.08. The molecule has 84 valence electrons. The van der Waals surface area contributed by atoms with Gasteiger partial charge in [-0.05, 0) is 38.1 Å². The molecule has 0 bridgehead atoms. The number of benzene rings is 1. The number of hydrogen-bond acceptors (Lipinski definition) is 2. The second-order valence-electron chi connectivity index (χ2n) is 3.94. The van der Waals surface area contributed by atoms with E-state index in [9.17, 15) is 5.11 Å². The van der Waals surface area contributed by atoms with Gasteiger partial charge >= 0.3 is 0 Å². The summed E-state index contributed by atoms with van der Waals surface area (Å²) in [5, 5.41) is 9.72. The van der Waals surface area contributed by atoms with E-state index in [1.807, 2.05) is 12.1 Å². The average Bonchev–Trinajstić information content (AvgIpc) is 2.19. The van der Waals surface area contributed by atoms with Crippen LogP contribution in [-0.4, -0.2) is 22.6 Å². The first-order valence-corrected chi connectivity index (χ1v) is 5.63. The first-order chi connectivity index (χ1) is 7.04. The fourth-order valence-electron chi connectivity index (χ4n) is 1.54. The Balaban J connectivity index is 2.75. The molecule has 0 aromatic heterocycles. The Labute approximate surface area is 96.5 Å². The van der Waals surface area contributed by atoms with Gasteiger partial charge in [-0.1, -0.05) is 24.6 Å². The van der Waals surface area contributed by atoms with E-state index in [4.69, 9.17) is 11.6 Å². The largest absolute Gasteiger partial charge is 0.506 e. The summed E-state index contributed by atoms with van der Waals surface area (Å²) in [6.07, 6.45) is 0. The molecular weight excluding hydrogens is 210 g/mol. The van der Waals surface area contributed by atoms with Crippen molar-refractivity contribution in [3.8, 4) is 5.75 Å². The first kappa shape index (κ1) is 12.3. The molecule has 1 aromatic rings. The van der Waals surface area contributed by atoms with Crippen LogP contribution < -0.4 is 0 Å². The fourth-order valence-corrected chi connectivity index (χ4v) is 1.75. The molecule has 1 N–H and O–H groups in total. The minimum absolute atomic E-state index is 0.146. The van der Waals surface area contributed by atoms with Gasteiger partial charge in [-0.3, -0.25) is 4.90 Å².